The second-order valence-electron chi connectivity index (χ2n) is 5.95. The number of nitrogens with one attached hydrogen (secondary N) is 1. The molecule has 2 rings (SSSR count). The number of anilines is 1. The third kappa shape index (κ3) is 4.82. The van der Waals surface area contributed by atoms with Crippen LogP contribution >= 0.6 is 0 Å². The number of nitrogens with zero attached hydrogens (tertiary/aromatic N) is 2. The van der Waals surface area contributed by atoms with Crippen LogP contribution in [0.2, 0.25) is 0 Å². The number of carbonyl (C=O) groups excluding carboxylic acids is 2. The summed E-state index contributed by atoms with van der Waals surface area (Å²) >= 11 is 0. The van der Waals surface area contributed by atoms with E-state index in [9.17, 15) is 18.0 Å². The molecule has 2 aromatic carbocycles. The fraction of sp³-hybridized carbons (Fsp3) is 0.222. The van der Waals surface area contributed by atoms with Crippen LogP contribution in [-0.4, -0.2) is 57.7 Å². The van der Waals surface area contributed by atoms with Gasteiger partial charge in [0, 0.05) is 32.4 Å². The van der Waals surface area contributed by atoms with Gasteiger partial charge < -0.3 is 9.80 Å². The van der Waals surface area contributed by atoms with E-state index in [1.165, 1.54) is 41.1 Å². The van der Waals surface area contributed by atoms with Gasteiger partial charge in [-0.25, -0.2) is 8.42 Å². The molecule has 0 spiro atoms. The number of likely N-dealkylation sites (N-methyl/N-ethyl adjacent to an activating group) is 2. The molecule has 0 unspecified atom stereocenters. The molecule has 0 aliphatic heterocycles. The first-order chi connectivity index (χ1) is 12.2. The minimum atomic E-state index is -3.74. The standard InChI is InChI=1S/C18H21N3O4S/c1-20(2)17(22)13-21(3)18(23)14-9-11-16(12-10-14)26(24,25)19-15-7-5-4-6-8-15/h4-12,19H,13H2,1-3H3. The maximum Gasteiger partial charge on any atom is 0.261 e. The topological polar surface area (TPSA) is 86.8 Å². The molecule has 2 amide bonds. The fourth-order valence-electron chi connectivity index (χ4n) is 2.13. The average molecular weight is 375 g/mol. The molecular formula is C18H21N3O4S. The van der Waals surface area contributed by atoms with E-state index >= 15 is 0 Å². The number of para-hydroxylation sites is 1. The molecule has 0 fully saturated rings. The molecule has 0 atom stereocenters. The van der Waals surface area contributed by atoms with Crippen LogP contribution in [0.15, 0.2) is 59.5 Å². The van der Waals surface area contributed by atoms with Gasteiger partial charge in [-0.15, -0.1) is 0 Å². The van der Waals surface area contributed by atoms with Crippen molar-refractivity contribution in [1.29, 1.82) is 0 Å². The molecule has 0 saturated heterocycles. The van der Waals surface area contributed by atoms with Crippen LogP contribution in [-0.2, 0) is 14.8 Å². The maximum absolute atomic E-state index is 12.4. The van der Waals surface area contributed by atoms with Crippen LogP contribution in [0.5, 0.6) is 0 Å². The molecule has 2 aromatic rings. The van der Waals surface area contributed by atoms with Crippen LogP contribution < -0.4 is 4.72 Å². The zero-order chi connectivity index (χ0) is 19.3. The third-order valence-electron chi connectivity index (χ3n) is 3.66. The Hall–Kier alpha value is -2.87. The van der Waals surface area contributed by atoms with Crippen LogP contribution in [0.3, 0.4) is 0 Å². The lowest BCUT2D eigenvalue weighted by atomic mass is 10.2. The van der Waals surface area contributed by atoms with Crippen molar-refractivity contribution in [2.45, 2.75) is 4.90 Å². The van der Waals surface area contributed by atoms with Crippen molar-refractivity contribution < 1.29 is 18.0 Å². The van der Waals surface area contributed by atoms with Crippen molar-refractivity contribution in [3.05, 3.63) is 60.2 Å². The first-order valence-electron chi connectivity index (χ1n) is 7.84. The van der Waals surface area contributed by atoms with Crippen LogP contribution in [0.1, 0.15) is 10.4 Å². The first-order valence-corrected chi connectivity index (χ1v) is 9.32. The smallest absolute Gasteiger partial charge is 0.261 e. The van der Waals surface area contributed by atoms with Gasteiger partial charge in [0.25, 0.3) is 15.9 Å². The molecule has 7 nitrogen and oxygen atoms in total. The molecule has 0 heterocycles. The number of carbonyl (C=O) groups is 2. The van der Waals surface area contributed by atoms with Crippen molar-refractivity contribution >= 4 is 27.5 Å². The summed E-state index contributed by atoms with van der Waals surface area (Å²) in [4.78, 5) is 26.8. The number of rotatable bonds is 6. The Morgan fingerprint density at radius 1 is 0.923 bits per heavy atom. The second kappa shape index (κ2) is 8.01. The predicted molar refractivity (Wildman–Crippen MR) is 99.3 cm³/mol. The molecule has 0 aliphatic carbocycles. The van der Waals surface area contributed by atoms with E-state index in [4.69, 9.17) is 0 Å². The number of hydrogen-bond acceptors (Lipinski definition) is 4. The maximum atomic E-state index is 12.4. The fourth-order valence-corrected chi connectivity index (χ4v) is 3.19. The minimum absolute atomic E-state index is 0.0462. The highest BCUT2D eigenvalue weighted by molar-refractivity contribution is 7.92. The molecule has 1 N–H and O–H groups in total. The highest BCUT2D eigenvalue weighted by atomic mass is 32.2. The molecule has 8 heteroatoms. The van der Waals surface area contributed by atoms with Crippen LogP contribution in [0.25, 0.3) is 0 Å². The summed E-state index contributed by atoms with van der Waals surface area (Å²) in [5.74, 6) is -0.563. The van der Waals surface area contributed by atoms with E-state index in [2.05, 4.69) is 4.72 Å². The Kier molecular flexibility index (Phi) is 5.99. The van der Waals surface area contributed by atoms with Crippen LogP contribution in [0.4, 0.5) is 5.69 Å². The van der Waals surface area contributed by atoms with Gasteiger partial charge in [-0.05, 0) is 36.4 Å². The Morgan fingerprint density at radius 2 is 1.50 bits per heavy atom. The highest BCUT2D eigenvalue weighted by Crippen LogP contribution is 2.17. The third-order valence-corrected chi connectivity index (χ3v) is 5.05. The Morgan fingerprint density at radius 3 is 2.04 bits per heavy atom. The minimum Gasteiger partial charge on any atom is -0.347 e. The molecule has 0 aromatic heterocycles. The molecule has 0 aliphatic rings. The lowest BCUT2D eigenvalue weighted by molar-refractivity contribution is -0.129. The average Bonchev–Trinajstić information content (AvgIpc) is 2.61. The van der Waals surface area contributed by atoms with E-state index in [0.717, 1.165) is 0 Å². The summed E-state index contributed by atoms with van der Waals surface area (Å²) in [5, 5.41) is 0. The molecule has 26 heavy (non-hydrogen) atoms. The van der Waals surface area contributed by atoms with E-state index in [0.29, 0.717) is 11.3 Å². The van der Waals surface area contributed by atoms with E-state index in [1.54, 1.807) is 44.4 Å². The Balaban J connectivity index is 2.12. The number of hydrogen-bond donors (Lipinski definition) is 1. The van der Waals surface area contributed by atoms with Gasteiger partial charge in [0.2, 0.25) is 5.91 Å². The van der Waals surface area contributed by atoms with Gasteiger partial charge in [-0.1, -0.05) is 18.2 Å². The van der Waals surface area contributed by atoms with Crippen molar-refractivity contribution in [2.75, 3.05) is 32.4 Å². The van der Waals surface area contributed by atoms with Crippen molar-refractivity contribution in [3.63, 3.8) is 0 Å². The van der Waals surface area contributed by atoms with E-state index in [-0.39, 0.29) is 23.3 Å². The van der Waals surface area contributed by atoms with E-state index < -0.39 is 10.0 Å². The normalized spacial score (nSPS) is 10.9. The quantitative estimate of drug-likeness (QED) is 0.832. The van der Waals surface area contributed by atoms with Crippen molar-refractivity contribution in [3.8, 4) is 0 Å². The summed E-state index contributed by atoms with van der Waals surface area (Å²) in [6, 6.07) is 14.1. The van der Waals surface area contributed by atoms with Crippen LogP contribution in [0, 0.1) is 0 Å². The zero-order valence-electron chi connectivity index (χ0n) is 14.8. The molecule has 138 valence electrons. The Labute approximate surface area is 153 Å². The highest BCUT2D eigenvalue weighted by Gasteiger charge is 2.18. The first kappa shape index (κ1) is 19.5. The van der Waals surface area contributed by atoms with E-state index in [1.807, 2.05) is 0 Å². The van der Waals surface area contributed by atoms with Gasteiger partial charge in [-0.3, -0.25) is 14.3 Å². The second-order valence-corrected chi connectivity index (χ2v) is 7.63. The molecule has 0 bridgehead atoms. The number of sulfonamides is 1. The van der Waals surface area contributed by atoms with Gasteiger partial charge in [-0.2, -0.15) is 0 Å². The van der Waals surface area contributed by atoms with Gasteiger partial charge >= 0.3 is 0 Å². The van der Waals surface area contributed by atoms with Crippen molar-refractivity contribution in [1.82, 2.24) is 9.80 Å². The molecular weight excluding hydrogens is 354 g/mol. The van der Waals surface area contributed by atoms with Gasteiger partial charge in [0.05, 0.1) is 11.4 Å². The number of benzene rings is 2. The Bertz CT molecular complexity index is 878. The lowest BCUT2D eigenvalue weighted by Gasteiger charge is -2.19. The lowest BCUT2D eigenvalue weighted by Crippen LogP contribution is -2.37. The summed E-state index contributed by atoms with van der Waals surface area (Å²) in [7, 11) is 1.000. The zero-order valence-corrected chi connectivity index (χ0v) is 15.7. The van der Waals surface area contributed by atoms with Gasteiger partial charge in [0.15, 0.2) is 0 Å². The summed E-state index contributed by atoms with van der Waals surface area (Å²) in [5.41, 5.74) is 0.757. The largest absolute Gasteiger partial charge is 0.347 e. The monoisotopic (exact) mass is 375 g/mol. The summed E-state index contributed by atoms with van der Waals surface area (Å²) < 4.78 is 27.2. The predicted octanol–water partition coefficient (Wildman–Crippen LogP) is 1.65. The molecule has 0 saturated carbocycles. The summed E-state index contributed by atoms with van der Waals surface area (Å²) in [6.45, 7) is -0.0541. The summed E-state index contributed by atoms with van der Waals surface area (Å²) in [6.07, 6.45) is 0. The van der Waals surface area contributed by atoms with Gasteiger partial charge in [0.1, 0.15) is 0 Å². The van der Waals surface area contributed by atoms with Crippen molar-refractivity contribution in [2.24, 2.45) is 0 Å². The SMILES string of the molecule is CN(C)C(=O)CN(C)C(=O)c1ccc(S(=O)(=O)Nc2ccccc2)cc1. The molecule has 0 radical (unpaired) electrons. The number of amides is 2.